The lowest BCUT2D eigenvalue weighted by atomic mass is 9.85. The zero-order chi connectivity index (χ0) is 55.4. The third-order valence-corrected chi connectivity index (χ3v) is 15.6. The number of nitrogens with one attached hydrogen (secondary N) is 2. The largest absolute Gasteiger partial charge is 0.391 e. The summed E-state index contributed by atoms with van der Waals surface area (Å²) in [6.45, 7) is 11.8. The number of likely N-dealkylation sites (tertiary alicyclic amines) is 2. The van der Waals surface area contributed by atoms with E-state index in [9.17, 15) is 34.5 Å². The second-order valence-electron chi connectivity index (χ2n) is 23.9. The van der Waals surface area contributed by atoms with Crippen molar-refractivity contribution in [3.05, 3.63) is 138 Å². The van der Waals surface area contributed by atoms with Crippen molar-refractivity contribution in [2.75, 3.05) is 13.1 Å². The lowest BCUT2D eigenvalue weighted by Gasteiger charge is -2.36. The lowest BCUT2D eigenvalue weighted by molar-refractivity contribution is -0.776. The smallest absolute Gasteiger partial charge is 0.271 e. The number of β-amino-alcohol motifs (C(OH)–C–C–N with tert-alkyl or cyclic N) is 2. The fourth-order valence-electron chi connectivity index (χ4n) is 11.2. The standard InChI is InChI=1S/C59H70FN11O7/c1-58(2,3)51(69-32-46(64-65-69)38-18-19-38)56(77)67-30-42(72)27-47(67)54(75)62-29-34-12-14-37(15-13-34)44-25-24-41(26-45(44)60)71-49(39-20-21-39)33-70(66-71)52(59(4,5)6)57(78)68-31-43(73)28-48(68)55(76)63-50(53(61)74)40-22-16-36(17-23-40)35-10-8-7-9-11-35/h7-17,22-26,32-33,38-39,42-43,47-48,50-52,54,62,72-73,75H,18-21,27-31H2,1-6H3,(H2-,61,63,74,76)/p+1. The van der Waals surface area contributed by atoms with E-state index < -0.39 is 83.0 Å². The highest BCUT2D eigenvalue weighted by atomic mass is 19.1. The van der Waals surface area contributed by atoms with Gasteiger partial charge in [-0.05, 0) is 77.5 Å². The van der Waals surface area contributed by atoms with Gasteiger partial charge in [-0.2, -0.15) is 0 Å². The molecule has 0 radical (unpaired) electrons. The van der Waals surface area contributed by atoms with E-state index in [-0.39, 0.29) is 44.3 Å². The zero-order valence-corrected chi connectivity index (χ0v) is 45.0. The number of aliphatic hydroxyl groups excluding tert-OH is 3. The molecule has 4 heterocycles. The number of nitrogens with two attached hydrogens (primary N) is 1. The van der Waals surface area contributed by atoms with Crippen LogP contribution in [-0.4, -0.2) is 117 Å². The van der Waals surface area contributed by atoms with Crippen LogP contribution in [0.25, 0.3) is 27.9 Å². The van der Waals surface area contributed by atoms with E-state index in [0.29, 0.717) is 28.3 Å². The summed E-state index contributed by atoms with van der Waals surface area (Å²) in [5.41, 5.74) is 10.8. The van der Waals surface area contributed by atoms with Crippen molar-refractivity contribution in [1.82, 2.24) is 45.3 Å². The highest BCUT2D eigenvalue weighted by molar-refractivity contribution is 5.93. The Kier molecular flexibility index (Phi) is 15.0. The molecule has 78 heavy (non-hydrogen) atoms. The van der Waals surface area contributed by atoms with Gasteiger partial charge in [-0.25, -0.2) is 9.07 Å². The van der Waals surface area contributed by atoms with Crippen molar-refractivity contribution >= 4 is 23.6 Å². The third-order valence-electron chi connectivity index (χ3n) is 15.6. The Morgan fingerprint density at radius 2 is 1.42 bits per heavy atom. The predicted octanol–water partition coefficient (Wildman–Crippen LogP) is 5.53. The fourth-order valence-corrected chi connectivity index (χ4v) is 11.2. The fraction of sp³-hybridized carbons (Fsp3) is 0.458. The van der Waals surface area contributed by atoms with Crippen LogP contribution in [0.1, 0.15) is 133 Å². The average Bonchev–Trinajstić information content (AvgIpc) is 4.25. The van der Waals surface area contributed by atoms with Crippen molar-refractivity contribution < 1.29 is 43.6 Å². The number of rotatable bonds is 17. The molecule has 410 valence electrons. The van der Waals surface area contributed by atoms with Gasteiger partial charge >= 0.3 is 0 Å². The molecular formula is C59H71FN11O7+. The van der Waals surface area contributed by atoms with Gasteiger partial charge in [0.2, 0.25) is 23.8 Å². The van der Waals surface area contributed by atoms with E-state index in [4.69, 9.17) is 10.9 Å². The van der Waals surface area contributed by atoms with Gasteiger partial charge in [0.25, 0.3) is 5.91 Å². The van der Waals surface area contributed by atoms with Crippen LogP contribution in [0.5, 0.6) is 0 Å². The monoisotopic (exact) mass is 1060 g/mol. The topological polar surface area (TPSA) is 238 Å². The molecule has 6 aromatic rings. The van der Waals surface area contributed by atoms with E-state index in [1.54, 1.807) is 55.3 Å². The molecule has 18 nitrogen and oxygen atoms in total. The number of carbonyl (C=O) groups is 4. The lowest BCUT2D eigenvalue weighted by Crippen LogP contribution is -2.59. The summed E-state index contributed by atoms with van der Waals surface area (Å²) in [6.07, 6.45) is 4.74. The van der Waals surface area contributed by atoms with Gasteiger partial charge in [-0.3, -0.25) is 24.5 Å². The van der Waals surface area contributed by atoms with Crippen LogP contribution in [-0.2, 0) is 25.7 Å². The number of hydrogen-bond acceptors (Lipinski definition) is 11. The van der Waals surface area contributed by atoms with Crippen LogP contribution in [0.2, 0.25) is 0 Å². The van der Waals surface area contributed by atoms with Crippen molar-refractivity contribution in [2.45, 2.75) is 147 Å². The molecule has 2 aliphatic heterocycles. The number of primary amides is 1. The van der Waals surface area contributed by atoms with Crippen LogP contribution >= 0.6 is 0 Å². The molecule has 8 unspecified atom stereocenters. The Morgan fingerprint density at radius 1 is 0.782 bits per heavy atom. The Labute approximate surface area is 453 Å². The first-order chi connectivity index (χ1) is 37.1. The number of amides is 4. The maximum absolute atomic E-state index is 16.4. The second-order valence-corrected chi connectivity index (χ2v) is 23.9. The van der Waals surface area contributed by atoms with E-state index in [1.165, 1.54) is 11.0 Å². The quantitative estimate of drug-likeness (QED) is 0.0491. The van der Waals surface area contributed by atoms with Crippen molar-refractivity contribution in [3.63, 3.8) is 0 Å². The Balaban J connectivity index is 0.817. The number of carbonyl (C=O) groups excluding carboxylic acids is 4. The summed E-state index contributed by atoms with van der Waals surface area (Å²) in [6, 6.07) is 24.4. The molecule has 4 aliphatic rings. The molecule has 2 aromatic heterocycles. The average molecular weight is 1070 g/mol. The van der Waals surface area contributed by atoms with Crippen LogP contribution in [0.15, 0.2) is 109 Å². The van der Waals surface area contributed by atoms with Gasteiger partial charge in [-0.1, -0.05) is 130 Å². The Bertz CT molecular complexity index is 3160. The molecule has 0 bridgehead atoms. The van der Waals surface area contributed by atoms with Gasteiger partial charge in [0.05, 0.1) is 29.2 Å². The molecule has 2 saturated carbocycles. The van der Waals surface area contributed by atoms with Crippen LogP contribution < -0.4 is 21.0 Å². The summed E-state index contributed by atoms with van der Waals surface area (Å²) >= 11 is 0. The summed E-state index contributed by atoms with van der Waals surface area (Å²) in [5, 5.41) is 52.7. The highest BCUT2D eigenvalue weighted by Gasteiger charge is 2.50. The second kappa shape index (κ2) is 21.6. The molecule has 8 atom stereocenters. The van der Waals surface area contributed by atoms with E-state index in [2.05, 4.69) is 20.9 Å². The van der Waals surface area contributed by atoms with Gasteiger partial charge in [-0.15, -0.1) is 9.78 Å². The Morgan fingerprint density at radius 3 is 2.05 bits per heavy atom. The molecule has 2 saturated heterocycles. The van der Waals surface area contributed by atoms with E-state index in [0.717, 1.165) is 53.8 Å². The SMILES string of the molecule is CC(C)(C)C(C(=O)N1CC(O)CC1C(O)NCc1ccc(-c2ccc(-n3n[n+](C(C(=O)N4CC(O)CC4C(=O)NC(C(N)=O)c4ccc(-c5ccccc5)cc4)C(C)(C)C)cc3C3CC3)cc2F)cc1)n1cc(C2CC2)nn1. The molecule has 0 spiro atoms. The summed E-state index contributed by atoms with van der Waals surface area (Å²) in [4.78, 5) is 59.0. The number of aliphatic hydroxyl groups is 3. The minimum absolute atomic E-state index is 0.0478. The van der Waals surface area contributed by atoms with Gasteiger partial charge < -0.3 is 36.2 Å². The normalized spacial score (nSPS) is 21.3. The number of halogens is 1. The van der Waals surface area contributed by atoms with Crippen LogP contribution in [0.3, 0.4) is 0 Å². The van der Waals surface area contributed by atoms with Crippen LogP contribution in [0.4, 0.5) is 4.39 Å². The van der Waals surface area contributed by atoms with Crippen LogP contribution in [0, 0.1) is 16.6 Å². The van der Waals surface area contributed by atoms with E-state index >= 15 is 4.39 Å². The molecule has 4 amide bonds. The summed E-state index contributed by atoms with van der Waals surface area (Å²) in [5.74, 6) is -2.09. The van der Waals surface area contributed by atoms with Gasteiger partial charge in [0.15, 0.2) is 17.6 Å². The number of benzene rings is 4. The zero-order valence-electron chi connectivity index (χ0n) is 45.0. The van der Waals surface area contributed by atoms with Crippen molar-refractivity contribution in [2.24, 2.45) is 16.6 Å². The predicted molar refractivity (Wildman–Crippen MR) is 287 cm³/mol. The highest BCUT2D eigenvalue weighted by Crippen LogP contribution is 2.43. The minimum Gasteiger partial charge on any atom is -0.391 e. The van der Waals surface area contributed by atoms with Crippen molar-refractivity contribution in [1.29, 1.82) is 0 Å². The first kappa shape index (κ1) is 54.2. The van der Waals surface area contributed by atoms with Gasteiger partial charge in [0.1, 0.15) is 30.2 Å². The summed E-state index contributed by atoms with van der Waals surface area (Å²) < 4.78 is 21.3. The molecule has 7 N–H and O–H groups in total. The maximum atomic E-state index is 16.4. The first-order valence-corrected chi connectivity index (χ1v) is 27.1. The molecule has 19 heteroatoms. The molecule has 4 aromatic carbocycles. The number of hydrogen-bond donors (Lipinski definition) is 6. The van der Waals surface area contributed by atoms with Crippen molar-refractivity contribution in [3.8, 4) is 27.9 Å². The molecule has 10 rings (SSSR count). The van der Waals surface area contributed by atoms with Gasteiger partial charge in [0, 0.05) is 61.1 Å². The number of nitrogens with zero attached hydrogens (tertiary/aromatic N) is 8. The molecule has 2 aliphatic carbocycles. The number of aromatic nitrogens is 6. The molecular weight excluding hydrogens is 994 g/mol. The molecule has 4 fully saturated rings. The first-order valence-electron chi connectivity index (χ1n) is 27.1. The maximum Gasteiger partial charge on any atom is 0.271 e. The summed E-state index contributed by atoms with van der Waals surface area (Å²) in [7, 11) is 0. The minimum atomic E-state index is -1.19. The Hall–Kier alpha value is -7.19. The third kappa shape index (κ3) is 11.5. The van der Waals surface area contributed by atoms with E-state index in [1.807, 2.05) is 109 Å².